The first-order chi connectivity index (χ1) is 16.9. The first kappa shape index (κ1) is 23.8. The van der Waals surface area contributed by atoms with Crippen molar-refractivity contribution >= 4 is 29.6 Å². The van der Waals surface area contributed by atoms with Crippen LogP contribution in [0.15, 0.2) is 81.4 Å². The molecule has 0 saturated heterocycles. The summed E-state index contributed by atoms with van der Waals surface area (Å²) >= 11 is 1.54. The van der Waals surface area contributed by atoms with Crippen molar-refractivity contribution in [1.29, 1.82) is 0 Å². The smallest absolute Gasteiger partial charge is 0.271 e. The van der Waals surface area contributed by atoms with Gasteiger partial charge in [0.15, 0.2) is 5.16 Å². The number of non-ortho nitro benzene ring substituents is 1. The highest BCUT2D eigenvalue weighted by Crippen LogP contribution is 2.25. The Morgan fingerprint density at radius 3 is 2.54 bits per heavy atom. The number of nitrogens with one attached hydrogen (secondary N) is 1. The molecular formula is C25H21N5O4S. The predicted octanol–water partition coefficient (Wildman–Crippen LogP) is 5.32. The van der Waals surface area contributed by atoms with Crippen LogP contribution in [0.1, 0.15) is 33.1 Å². The number of aromatic nitrogens is 2. The number of nitrogens with zero attached hydrogens (tertiary/aromatic N) is 4. The molecule has 35 heavy (non-hydrogen) atoms. The minimum atomic E-state index is -0.463. The van der Waals surface area contributed by atoms with Crippen LogP contribution < -0.4 is 5.43 Å². The molecule has 4 aromatic rings. The van der Waals surface area contributed by atoms with E-state index in [1.54, 1.807) is 48.2 Å². The maximum absolute atomic E-state index is 12.4. The molecule has 1 amide bonds. The summed E-state index contributed by atoms with van der Waals surface area (Å²) in [4.78, 5) is 31.7. The Kier molecular flexibility index (Phi) is 7.32. The first-order valence-corrected chi connectivity index (χ1v) is 11.6. The van der Waals surface area contributed by atoms with Crippen LogP contribution in [-0.2, 0) is 5.75 Å². The van der Waals surface area contributed by atoms with E-state index in [1.807, 2.05) is 32.0 Å². The Morgan fingerprint density at radius 1 is 1.09 bits per heavy atom. The van der Waals surface area contributed by atoms with Gasteiger partial charge in [-0.2, -0.15) is 5.10 Å². The van der Waals surface area contributed by atoms with E-state index < -0.39 is 4.92 Å². The van der Waals surface area contributed by atoms with E-state index in [1.165, 1.54) is 18.3 Å². The molecule has 0 bridgehead atoms. The summed E-state index contributed by atoms with van der Waals surface area (Å²) in [6, 6.07) is 18.6. The van der Waals surface area contributed by atoms with E-state index in [0.717, 1.165) is 22.1 Å². The maximum Gasteiger partial charge on any atom is 0.271 e. The maximum atomic E-state index is 12.4. The Morgan fingerprint density at radius 2 is 1.83 bits per heavy atom. The zero-order valence-electron chi connectivity index (χ0n) is 19.0. The van der Waals surface area contributed by atoms with Gasteiger partial charge in [0.1, 0.15) is 11.5 Å². The summed E-state index contributed by atoms with van der Waals surface area (Å²) in [6.07, 6.45) is 1.37. The van der Waals surface area contributed by atoms with Gasteiger partial charge in [0.2, 0.25) is 0 Å². The van der Waals surface area contributed by atoms with Crippen molar-refractivity contribution in [2.24, 2.45) is 5.10 Å². The topological polar surface area (TPSA) is 124 Å². The second-order valence-electron chi connectivity index (χ2n) is 7.63. The molecule has 0 saturated carbocycles. The summed E-state index contributed by atoms with van der Waals surface area (Å²) in [5, 5.41) is 15.6. The highest BCUT2D eigenvalue weighted by Gasteiger charge is 2.10. The molecule has 9 nitrogen and oxygen atoms in total. The average Bonchev–Trinajstić information content (AvgIpc) is 3.31. The highest BCUT2D eigenvalue weighted by molar-refractivity contribution is 7.98. The van der Waals surface area contributed by atoms with Crippen molar-refractivity contribution in [3.05, 3.63) is 105 Å². The Balaban J connectivity index is 1.32. The van der Waals surface area contributed by atoms with Crippen LogP contribution >= 0.6 is 11.8 Å². The van der Waals surface area contributed by atoms with Crippen LogP contribution in [0.3, 0.4) is 0 Å². The van der Waals surface area contributed by atoms with E-state index in [4.69, 9.17) is 4.42 Å². The van der Waals surface area contributed by atoms with E-state index in [-0.39, 0.29) is 11.6 Å². The van der Waals surface area contributed by atoms with Crippen molar-refractivity contribution in [2.75, 3.05) is 0 Å². The molecule has 1 N–H and O–H groups in total. The average molecular weight is 488 g/mol. The zero-order valence-corrected chi connectivity index (χ0v) is 19.8. The fourth-order valence-corrected chi connectivity index (χ4v) is 4.13. The molecule has 0 unspecified atom stereocenters. The molecular weight excluding hydrogens is 466 g/mol. The number of benzene rings is 2. The van der Waals surface area contributed by atoms with E-state index in [0.29, 0.717) is 28.4 Å². The first-order valence-electron chi connectivity index (χ1n) is 10.6. The van der Waals surface area contributed by atoms with Crippen LogP contribution in [0.2, 0.25) is 0 Å². The lowest BCUT2D eigenvalue weighted by Crippen LogP contribution is -2.17. The lowest BCUT2D eigenvalue weighted by molar-refractivity contribution is -0.384. The summed E-state index contributed by atoms with van der Waals surface area (Å²) in [6.45, 7) is 3.88. The molecule has 0 aliphatic carbocycles. The van der Waals surface area contributed by atoms with E-state index in [2.05, 4.69) is 20.5 Å². The second-order valence-corrected chi connectivity index (χ2v) is 8.57. The number of furan rings is 1. The number of rotatable bonds is 8. The molecule has 0 aliphatic heterocycles. The van der Waals surface area contributed by atoms with E-state index >= 15 is 0 Å². The minimum absolute atomic E-state index is 0.0235. The molecule has 2 heterocycles. The zero-order chi connectivity index (χ0) is 24.8. The third kappa shape index (κ3) is 6.39. The summed E-state index contributed by atoms with van der Waals surface area (Å²) in [5.74, 6) is 1.19. The summed E-state index contributed by atoms with van der Waals surface area (Å²) in [5.41, 5.74) is 6.39. The second kappa shape index (κ2) is 10.7. The van der Waals surface area contributed by atoms with Crippen LogP contribution in [0.4, 0.5) is 5.69 Å². The molecule has 4 rings (SSSR count). The summed E-state index contributed by atoms with van der Waals surface area (Å²) < 4.78 is 5.65. The SMILES string of the molecule is Cc1cc(C)nc(SCc2ccc(C(=O)N/N=C/c3ccc(-c4cccc([N+](=O)[O-])c4)o3)cc2)n1. The molecule has 2 aromatic heterocycles. The van der Waals surface area contributed by atoms with Gasteiger partial charge in [0.25, 0.3) is 11.6 Å². The van der Waals surface area contributed by atoms with Crippen LogP contribution in [0.25, 0.3) is 11.3 Å². The number of hydrogen-bond acceptors (Lipinski definition) is 8. The molecule has 0 spiro atoms. The lowest BCUT2D eigenvalue weighted by Gasteiger charge is -2.04. The molecule has 0 atom stereocenters. The van der Waals surface area contributed by atoms with Crippen molar-refractivity contribution < 1.29 is 14.1 Å². The number of hydrazone groups is 1. The van der Waals surface area contributed by atoms with Gasteiger partial charge in [-0.25, -0.2) is 15.4 Å². The number of amides is 1. The van der Waals surface area contributed by atoms with Crippen molar-refractivity contribution in [3.63, 3.8) is 0 Å². The number of nitro groups is 1. The third-order valence-electron chi connectivity index (χ3n) is 4.87. The largest absolute Gasteiger partial charge is 0.455 e. The van der Waals surface area contributed by atoms with Crippen molar-refractivity contribution in [2.45, 2.75) is 24.8 Å². The summed E-state index contributed by atoms with van der Waals surface area (Å²) in [7, 11) is 0. The van der Waals surface area contributed by atoms with Gasteiger partial charge in [0.05, 0.1) is 11.1 Å². The number of nitro benzene ring substituents is 1. The highest BCUT2D eigenvalue weighted by atomic mass is 32.2. The fraction of sp³-hybridized carbons (Fsp3) is 0.120. The molecule has 10 heteroatoms. The van der Waals surface area contributed by atoms with Gasteiger partial charge in [-0.1, -0.05) is 36.0 Å². The molecule has 2 aromatic carbocycles. The van der Waals surface area contributed by atoms with Gasteiger partial charge in [-0.3, -0.25) is 14.9 Å². The lowest BCUT2D eigenvalue weighted by atomic mass is 10.1. The normalized spacial score (nSPS) is 11.0. The standard InChI is InChI=1S/C25H21N5O4S/c1-16-12-17(2)28-25(27-16)35-15-18-6-8-19(9-7-18)24(31)29-26-14-22-10-11-23(34-22)20-4-3-5-21(13-20)30(32)33/h3-14H,15H2,1-2H3,(H,29,31)/b26-14+. The van der Waals surface area contributed by atoms with Gasteiger partial charge < -0.3 is 4.42 Å². The van der Waals surface area contributed by atoms with Crippen molar-refractivity contribution in [3.8, 4) is 11.3 Å². The van der Waals surface area contributed by atoms with Gasteiger partial charge in [-0.15, -0.1) is 0 Å². The number of aryl methyl sites for hydroxylation is 2. The molecule has 0 fully saturated rings. The van der Waals surface area contributed by atoms with E-state index in [9.17, 15) is 14.9 Å². The Labute approximate surface area is 205 Å². The number of carbonyl (C=O) groups is 1. The van der Waals surface area contributed by atoms with Crippen molar-refractivity contribution in [1.82, 2.24) is 15.4 Å². The number of carbonyl (C=O) groups excluding carboxylic acids is 1. The number of thioether (sulfide) groups is 1. The quantitative estimate of drug-likeness (QED) is 0.117. The third-order valence-corrected chi connectivity index (χ3v) is 5.79. The molecule has 0 radical (unpaired) electrons. The molecule has 176 valence electrons. The van der Waals surface area contributed by atoms with Crippen LogP contribution in [0, 0.1) is 24.0 Å². The van der Waals surface area contributed by atoms with Gasteiger partial charge in [-0.05, 0) is 49.7 Å². The minimum Gasteiger partial charge on any atom is -0.455 e. The number of hydrogen-bond donors (Lipinski definition) is 1. The fourth-order valence-electron chi connectivity index (χ4n) is 3.23. The van der Waals surface area contributed by atoms with Gasteiger partial charge in [0, 0.05) is 40.4 Å². The monoisotopic (exact) mass is 487 g/mol. The van der Waals surface area contributed by atoms with Crippen LogP contribution in [-0.4, -0.2) is 27.0 Å². The Hall–Kier alpha value is -4.31. The predicted molar refractivity (Wildman–Crippen MR) is 133 cm³/mol. The van der Waals surface area contributed by atoms with Gasteiger partial charge >= 0.3 is 0 Å². The van der Waals surface area contributed by atoms with Crippen LogP contribution in [0.5, 0.6) is 0 Å². The Bertz CT molecular complexity index is 1380. The molecule has 0 aliphatic rings.